The Balaban J connectivity index is 2.58. The van der Waals surface area contributed by atoms with Crippen molar-refractivity contribution < 1.29 is 4.79 Å². The van der Waals surface area contributed by atoms with Gasteiger partial charge in [0, 0.05) is 0 Å². The van der Waals surface area contributed by atoms with E-state index >= 15 is 0 Å². The van der Waals surface area contributed by atoms with Gasteiger partial charge in [-0.25, -0.2) is 0 Å². The Morgan fingerprint density at radius 1 is 1.47 bits per heavy atom. The van der Waals surface area contributed by atoms with Crippen molar-refractivity contribution in [3.05, 3.63) is 10.2 Å². The fourth-order valence-electron chi connectivity index (χ4n) is 2.01. The fourth-order valence-corrected chi connectivity index (χ4v) is 4.33. The van der Waals surface area contributed by atoms with Gasteiger partial charge >= 0.3 is 97.5 Å². The van der Waals surface area contributed by atoms with Gasteiger partial charge in [0.05, 0.1) is 0 Å². The number of carbonyl (C=O) groups is 1. The van der Waals surface area contributed by atoms with Crippen LogP contribution in [-0.4, -0.2) is 29.8 Å². The van der Waals surface area contributed by atoms with Crippen LogP contribution in [0.15, 0.2) is 10.2 Å². The van der Waals surface area contributed by atoms with E-state index in [0.29, 0.717) is 5.92 Å². The van der Waals surface area contributed by atoms with Crippen molar-refractivity contribution in [3.8, 4) is 0 Å². The number of hydrogen-bond donors (Lipinski definition) is 1. The summed E-state index contributed by atoms with van der Waals surface area (Å²) in [5.74, 6) is 0.646. The zero-order valence-corrected chi connectivity index (χ0v) is 13.4. The number of hydrogen-bond acceptors (Lipinski definition) is 1. The topological polar surface area (TPSA) is 29.1 Å². The average molecular weight is 316 g/mol. The van der Waals surface area contributed by atoms with Gasteiger partial charge in [0.2, 0.25) is 0 Å². The predicted octanol–water partition coefficient (Wildman–Crippen LogP) is 2.72. The molecule has 3 heteroatoms. The van der Waals surface area contributed by atoms with E-state index in [1.54, 1.807) is 6.92 Å². The van der Waals surface area contributed by atoms with Gasteiger partial charge in [0.15, 0.2) is 0 Å². The zero-order valence-electron chi connectivity index (χ0n) is 10.6. The molecule has 1 amide bonds. The molecule has 0 spiro atoms. The third kappa shape index (κ3) is 3.82. The normalized spacial score (nSPS) is 31.4. The van der Waals surface area contributed by atoms with Gasteiger partial charge in [-0.05, 0) is 0 Å². The van der Waals surface area contributed by atoms with Gasteiger partial charge in [0.1, 0.15) is 0 Å². The molecule has 0 bridgehead atoms. The Morgan fingerprint density at radius 2 is 2.07 bits per heavy atom. The summed E-state index contributed by atoms with van der Waals surface area (Å²) in [7, 11) is 0. The van der Waals surface area contributed by atoms with Crippen LogP contribution in [0.5, 0.6) is 0 Å². The van der Waals surface area contributed by atoms with Crippen molar-refractivity contribution in [1.29, 1.82) is 0 Å². The van der Waals surface area contributed by atoms with Crippen LogP contribution in [0.2, 0.25) is 14.8 Å². The number of nitrogens with one attached hydrogen (secondary N) is 1. The molecule has 1 unspecified atom stereocenters. The monoisotopic (exact) mass is 317 g/mol. The Bertz CT molecular complexity index is 280. The quantitative estimate of drug-likeness (QED) is 0.797. The first-order valence-electron chi connectivity index (χ1n) is 5.71. The van der Waals surface area contributed by atoms with E-state index in [2.05, 4.69) is 37.2 Å². The van der Waals surface area contributed by atoms with Gasteiger partial charge in [0.25, 0.3) is 0 Å². The van der Waals surface area contributed by atoms with Crippen molar-refractivity contribution in [1.82, 2.24) is 5.32 Å². The first-order chi connectivity index (χ1) is 6.73. The Hall–Kier alpha value is 0.00870. The molecule has 0 saturated heterocycles. The molecule has 1 saturated carbocycles. The molecule has 2 nitrogen and oxygen atoms in total. The third-order valence-electron chi connectivity index (χ3n) is 3.08. The van der Waals surface area contributed by atoms with Gasteiger partial charge in [-0.2, -0.15) is 0 Å². The number of rotatable bonds is 3. The second-order valence-electron chi connectivity index (χ2n) is 5.97. The number of carbonyl (C=O) groups excluding carboxylic acids is 1. The van der Waals surface area contributed by atoms with Crippen LogP contribution in [-0.2, 0) is 4.79 Å². The Kier molecular flexibility index (Phi) is 3.90. The molecule has 0 radical (unpaired) electrons. The van der Waals surface area contributed by atoms with Crippen molar-refractivity contribution in [2.75, 3.05) is 0 Å². The van der Waals surface area contributed by atoms with Crippen LogP contribution in [0.1, 0.15) is 26.7 Å². The molecule has 0 aliphatic heterocycles. The van der Waals surface area contributed by atoms with E-state index in [1.807, 2.05) is 0 Å². The van der Waals surface area contributed by atoms with Crippen LogP contribution in [0.3, 0.4) is 0 Å². The van der Waals surface area contributed by atoms with Crippen LogP contribution in [0.25, 0.3) is 0 Å². The summed E-state index contributed by atoms with van der Waals surface area (Å²) in [6.45, 7) is 3.76. The summed E-state index contributed by atoms with van der Waals surface area (Å²) < 4.78 is 2.46. The summed E-state index contributed by atoms with van der Waals surface area (Å²) in [4.78, 5) is 18.3. The Morgan fingerprint density at radius 3 is 2.40 bits per heavy atom. The molecule has 1 aliphatic carbocycles. The van der Waals surface area contributed by atoms with Crippen molar-refractivity contribution in [3.63, 3.8) is 0 Å². The molecule has 0 aromatic heterocycles. The van der Waals surface area contributed by atoms with Crippen molar-refractivity contribution in [2.24, 2.45) is 5.92 Å². The van der Waals surface area contributed by atoms with Crippen molar-refractivity contribution in [2.45, 2.75) is 47.0 Å². The molecule has 86 valence electrons. The van der Waals surface area contributed by atoms with E-state index in [4.69, 9.17) is 0 Å². The van der Waals surface area contributed by atoms with E-state index in [9.17, 15) is 4.79 Å². The molecule has 1 N–H and O–H groups in total. The van der Waals surface area contributed by atoms with E-state index < -0.39 is 18.4 Å². The molecule has 1 aliphatic rings. The maximum atomic E-state index is 11.1. The SMILES string of the molecule is CC(=O)N[C@@]1(C)CCC1/C=[CH]\[Sn]([CH3])([CH3])[CH3]. The van der Waals surface area contributed by atoms with Crippen LogP contribution in [0, 0.1) is 5.92 Å². The molecule has 0 heterocycles. The van der Waals surface area contributed by atoms with E-state index in [1.165, 1.54) is 6.42 Å². The van der Waals surface area contributed by atoms with E-state index in [-0.39, 0.29) is 11.4 Å². The van der Waals surface area contributed by atoms with Crippen LogP contribution >= 0.6 is 0 Å². The van der Waals surface area contributed by atoms with Gasteiger partial charge in [-0.1, -0.05) is 0 Å². The zero-order chi connectivity index (χ0) is 11.7. The summed E-state index contributed by atoms with van der Waals surface area (Å²) >= 11 is -1.78. The summed E-state index contributed by atoms with van der Waals surface area (Å²) in [5.41, 5.74) is 0.0272. The summed E-state index contributed by atoms with van der Waals surface area (Å²) in [6, 6.07) is 0. The van der Waals surface area contributed by atoms with Gasteiger partial charge in [-0.3, -0.25) is 0 Å². The minimum atomic E-state index is -1.78. The standard InChI is InChI=1S/C9H14NO.3CH3.Sn/c1-4-8-5-6-9(8,3)10-7(2)11;;;;/h1,4,8H,5-6H2,2-3H3,(H,10,11);3*1H3;/t8?,9-;;;;/m0..../s1. The average Bonchev–Trinajstić information content (AvgIpc) is 1.99. The molecular weight excluding hydrogens is 293 g/mol. The van der Waals surface area contributed by atoms with E-state index in [0.717, 1.165) is 6.42 Å². The summed E-state index contributed by atoms with van der Waals surface area (Å²) in [5, 5.41) is 3.08. The maximum absolute atomic E-state index is 11.1. The molecule has 1 fully saturated rings. The minimum absolute atomic E-state index is 0.0272. The second-order valence-corrected chi connectivity index (χ2v) is 20.4. The van der Waals surface area contributed by atoms with Gasteiger partial charge in [-0.15, -0.1) is 0 Å². The Labute approximate surface area is 97.4 Å². The first-order valence-corrected chi connectivity index (χ1v) is 15.9. The predicted molar refractivity (Wildman–Crippen MR) is 67.4 cm³/mol. The molecule has 0 aromatic carbocycles. The molecule has 2 atom stereocenters. The van der Waals surface area contributed by atoms with Gasteiger partial charge < -0.3 is 0 Å². The second kappa shape index (κ2) is 4.48. The third-order valence-corrected chi connectivity index (χ3v) is 6.49. The van der Waals surface area contributed by atoms with Crippen molar-refractivity contribution >= 4 is 24.3 Å². The molecule has 15 heavy (non-hydrogen) atoms. The molecule has 0 aromatic rings. The first kappa shape index (κ1) is 13.1. The van der Waals surface area contributed by atoms with Crippen LogP contribution in [0.4, 0.5) is 0 Å². The fraction of sp³-hybridized carbons (Fsp3) is 0.750. The number of amides is 1. The summed E-state index contributed by atoms with van der Waals surface area (Å²) in [6.07, 6.45) is 4.69. The molecular formula is C12H23NOSn. The van der Waals surface area contributed by atoms with Crippen LogP contribution < -0.4 is 5.32 Å². The molecule has 1 rings (SSSR count).